The molecule has 0 heterocycles. The van der Waals surface area contributed by atoms with Crippen molar-refractivity contribution in [1.29, 1.82) is 0 Å². The molecule has 162 valence electrons. The van der Waals surface area contributed by atoms with Crippen molar-refractivity contribution in [2.75, 3.05) is 6.61 Å². The summed E-state index contributed by atoms with van der Waals surface area (Å²) < 4.78 is 0. The van der Waals surface area contributed by atoms with Crippen LogP contribution in [0.5, 0.6) is 0 Å². The zero-order chi connectivity index (χ0) is 21.0. The molecule has 5 aliphatic rings. The Kier molecular flexibility index (Phi) is 4.20. The highest BCUT2D eigenvalue weighted by Crippen LogP contribution is 2.77. The quantitative estimate of drug-likeness (QED) is 0.470. The minimum absolute atomic E-state index is 0.0642. The Hall–Kier alpha value is -0.600. The number of rotatable bonds is 0. The first kappa shape index (κ1) is 20.3. The van der Waals surface area contributed by atoms with Crippen molar-refractivity contribution < 1.29 is 20.4 Å². The van der Waals surface area contributed by atoms with Gasteiger partial charge in [-0.3, -0.25) is 0 Å². The molecule has 29 heavy (non-hydrogen) atoms. The molecule has 0 aromatic rings. The Morgan fingerprint density at radius 1 is 1.00 bits per heavy atom. The number of hydrogen-bond acceptors (Lipinski definition) is 4. The molecule has 5 rings (SSSR count). The van der Waals surface area contributed by atoms with Crippen molar-refractivity contribution in [1.82, 2.24) is 0 Å². The first-order valence-corrected chi connectivity index (χ1v) is 11.8. The van der Waals surface area contributed by atoms with E-state index in [1.165, 1.54) is 0 Å². The normalized spacial score (nSPS) is 62.8. The standard InChI is InChI=1S/C25H38O4/c1-14-15(2)24(28,8-5-11-26)23(4)10-7-18-20(21(14)23)17-12-19(17)25(29)13-16(27)6-9-22(18,25)3/h14-21,26-29H,6-7,9-13H2,1-4H3/t14-,15+,16+,17+,18?,19-,20?,21?,22-,23+,24+,25-/m1/s1. The van der Waals surface area contributed by atoms with E-state index in [-0.39, 0.29) is 29.5 Å². The Balaban J connectivity index is 1.58. The van der Waals surface area contributed by atoms with Gasteiger partial charge in [-0.25, -0.2) is 0 Å². The molecule has 12 atom stereocenters. The lowest BCUT2D eigenvalue weighted by Crippen LogP contribution is -2.65. The van der Waals surface area contributed by atoms with Gasteiger partial charge < -0.3 is 20.4 Å². The molecule has 0 saturated heterocycles. The third-order valence-electron chi connectivity index (χ3n) is 11.1. The second-order valence-corrected chi connectivity index (χ2v) is 11.8. The molecule has 5 aliphatic carbocycles. The van der Waals surface area contributed by atoms with Gasteiger partial charge in [-0.2, -0.15) is 0 Å². The summed E-state index contributed by atoms with van der Waals surface area (Å²) in [5, 5.41) is 43.3. The fraction of sp³-hybridized carbons (Fsp3) is 0.920. The first-order valence-electron chi connectivity index (χ1n) is 11.8. The van der Waals surface area contributed by atoms with E-state index in [1.807, 2.05) is 0 Å². The second kappa shape index (κ2) is 6.00. The number of fused-ring (bicyclic) bond motifs is 8. The summed E-state index contributed by atoms with van der Waals surface area (Å²) >= 11 is 0. The smallest absolute Gasteiger partial charge is 0.133 e. The molecule has 0 aromatic heterocycles. The van der Waals surface area contributed by atoms with Gasteiger partial charge in [0.05, 0.1) is 11.7 Å². The Bertz CT molecular complexity index is 771. The average Bonchev–Trinajstić information content (AvgIpc) is 3.46. The van der Waals surface area contributed by atoms with E-state index in [4.69, 9.17) is 0 Å². The zero-order valence-electron chi connectivity index (χ0n) is 18.4. The monoisotopic (exact) mass is 402 g/mol. The maximum Gasteiger partial charge on any atom is 0.133 e. The van der Waals surface area contributed by atoms with Crippen molar-refractivity contribution in [2.45, 2.75) is 83.5 Å². The summed E-state index contributed by atoms with van der Waals surface area (Å²) in [6.45, 7) is 8.76. The van der Waals surface area contributed by atoms with Crippen LogP contribution in [0.2, 0.25) is 0 Å². The van der Waals surface area contributed by atoms with Crippen LogP contribution in [0.3, 0.4) is 0 Å². The van der Waals surface area contributed by atoms with E-state index in [0.29, 0.717) is 41.9 Å². The molecule has 5 fully saturated rings. The number of aliphatic hydroxyl groups is 4. The van der Waals surface area contributed by atoms with E-state index in [0.717, 1.165) is 32.1 Å². The maximum atomic E-state index is 11.9. The summed E-state index contributed by atoms with van der Waals surface area (Å²) in [5.74, 6) is 8.47. The van der Waals surface area contributed by atoms with Crippen molar-refractivity contribution >= 4 is 0 Å². The zero-order valence-corrected chi connectivity index (χ0v) is 18.4. The molecule has 0 bridgehead atoms. The van der Waals surface area contributed by atoms with Crippen LogP contribution in [0.1, 0.15) is 66.2 Å². The average molecular weight is 403 g/mol. The lowest BCUT2D eigenvalue weighted by Gasteiger charge is -2.64. The molecular formula is C25H38O4. The molecule has 4 N–H and O–H groups in total. The van der Waals surface area contributed by atoms with Gasteiger partial charge in [0.25, 0.3) is 0 Å². The van der Waals surface area contributed by atoms with Crippen LogP contribution in [0.25, 0.3) is 0 Å². The minimum Gasteiger partial charge on any atom is -0.393 e. The van der Waals surface area contributed by atoms with Gasteiger partial charge in [-0.15, -0.1) is 0 Å². The highest BCUT2D eigenvalue weighted by atomic mass is 16.3. The largest absolute Gasteiger partial charge is 0.393 e. The van der Waals surface area contributed by atoms with E-state index >= 15 is 0 Å². The predicted molar refractivity (Wildman–Crippen MR) is 110 cm³/mol. The van der Waals surface area contributed by atoms with Crippen LogP contribution in [-0.2, 0) is 0 Å². The third kappa shape index (κ3) is 2.21. The maximum absolute atomic E-state index is 11.9. The van der Waals surface area contributed by atoms with Gasteiger partial charge in [0, 0.05) is 11.8 Å². The molecule has 0 aromatic carbocycles. The van der Waals surface area contributed by atoms with Gasteiger partial charge in [-0.05, 0) is 78.9 Å². The summed E-state index contributed by atoms with van der Waals surface area (Å²) in [4.78, 5) is 0. The molecule has 4 heteroatoms. The van der Waals surface area contributed by atoms with Gasteiger partial charge in [-0.1, -0.05) is 39.5 Å². The molecule has 0 amide bonds. The van der Waals surface area contributed by atoms with E-state index in [2.05, 4.69) is 39.5 Å². The van der Waals surface area contributed by atoms with Crippen LogP contribution < -0.4 is 0 Å². The van der Waals surface area contributed by atoms with E-state index < -0.39 is 11.2 Å². The summed E-state index contributed by atoms with van der Waals surface area (Å²) in [6.07, 6.45) is 4.84. The molecule has 4 nitrogen and oxygen atoms in total. The van der Waals surface area contributed by atoms with Crippen LogP contribution in [0.4, 0.5) is 0 Å². The van der Waals surface area contributed by atoms with Crippen LogP contribution in [0, 0.1) is 64.1 Å². The number of hydrogen-bond donors (Lipinski definition) is 4. The first-order chi connectivity index (χ1) is 13.5. The Morgan fingerprint density at radius 3 is 2.38 bits per heavy atom. The SMILES string of the molecule is C[C@H]1C2C3C(CC[C@]2(C)[C@](O)(C#CCO)[C@H]1C)[C@@]1(C)CC[C@H](O)C[C@@]1(O)[C@@H]1C[C@H]31. The summed E-state index contributed by atoms with van der Waals surface area (Å²) in [5.41, 5.74) is -2.21. The molecule has 0 radical (unpaired) electrons. The topological polar surface area (TPSA) is 80.9 Å². The minimum atomic E-state index is -1.06. The van der Waals surface area contributed by atoms with Gasteiger partial charge in [0.2, 0.25) is 0 Å². The van der Waals surface area contributed by atoms with Crippen LogP contribution in [-0.4, -0.2) is 44.3 Å². The Morgan fingerprint density at radius 2 is 1.69 bits per heavy atom. The van der Waals surface area contributed by atoms with Gasteiger partial charge >= 0.3 is 0 Å². The highest BCUT2D eigenvalue weighted by molar-refractivity contribution is 5.32. The number of aliphatic hydroxyl groups excluding tert-OH is 2. The van der Waals surface area contributed by atoms with Crippen molar-refractivity contribution in [3.05, 3.63) is 0 Å². The molecular weight excluding hydrogens is 364 g/mol. The lowest BCUT2D eigenvalue weighted by molar-refractivity contribution is -0.231. The van der Waals surface area contributed by atoms with E-state index in [9.17, 15) is 20.4 Å². The van der Waals surface area contributed by atoms with Crippen molar-refractivity contribution in [3.8, 4) is 11.8 Å². The van der Waals surface area contributed by atoms with Gasteiger partial charge in [0.1, 0.15) is 12.2 Å². The van der Waals surface area contributed by atoms with Gasteiger partial charge in [0.15, 0.2) is 0 Å². The lowest BCUT2D eigenvalue weighted by atomic mass is 9.42. The third-order valence-corrected chi connectivity index (χ3v) is 11.1. The molecule has 0 aliphatic heterocycles. The van der Waals surface area contributed by atoms with Crippen LogP contribution >= 0.6 is 0 Å². The van der Waals surface area contributed by atoms with E-state index in [1.54, 1.807) is 0 Å². The van der Waals surface area contributed by atoms with Crippen molar-refractivity contribution in [3.63, 3.8) is 0 Å². The predicted octanol–water partition coefficient (Wildman–Crippen LogP) is 2.58. The van der Waals surface area contributed by atoms with Crippen LogP contribution in [0.15, 0.2) is 0 Å². The molecule has 5 saturated carbocycles. The Labute approximate surface area is 175 Å². The van der Waals surface area contributed by atoms with Crippen molar-refractivity contribution in [2.24, 2.45) is 52.3 Å². The summed E-state index contributed by atoms with van der Waals surface area (Å²) in [6, 6.07) is 0. The molecule has 0 spiro atoms. The fourth-order valence-electron chi connectivity index (χ4n) is 9.46. The molecule has 3 unspecified atom stereocenters. The summed E-state index contributed by atoms with van der Waals surface area (Å²) in [7, 11) is 0. The highest BCUT2D eigenvalue weighted by Gasteiger charge is 2.77. The fourth-order valence-corrected chi connectivity index (χ4v) is 9.46. The second-order valence-electron chi connectivity index (χ2n) is 11.8.